The fourth-order valence-corrected chi connectivity index (χ4v) is 2.60. The molecule has 166 valence electrons. The first-order valence-corrected chi connectivity index (χ1v) is 8.78. The van der Waals surface area contributed by atoms with Crippen LogP contribution in [0.2, 0.25) is 0 Å². The van der Waals surface area contributed by atoms with Gasteiger partial charge in [-0.05, 0) is 24.3 Å². The Morgan fingerprint density at radius 1 is 1.13 bits per heavy atom. The molecule has 0 spiro atoms. The van der Waals surface area contributed by atoms with Crippen molar-refractivity contribution >= 4 is 0 Å². The summed E-state index contributed by atoms with van der Waals surface area (Å²) in [5.41, 5.74) is 0.681. The predicted molar refractivity (Wildman–Crippen MR) is 95.4 cm³/mol. The van der Waals surface area contributed by atoms with Gasteiger partial charge >= 0.3 is 6.18 Å². The van der Waals surface area contributed by atoms with Gasteiger partial charge in [-0.25, -0.2) is 13.8 Å². The molecule has 0 bridgehead atoms. The van der Waals surface area contributed by atoms with Crippen molar-refractivity contribution in [2.75, 3.05) is 6.54 Å². The molecule has 0 aliphatic rings. The summed E-state index contributed by atoms with van der Waals surface area (Å²) in [6.07, 6.45) is -4.94. The Labute approximate surface area is 172 Å². The number of nitrogens with one attached hydrogen (secondary N) is 1. The van der Waals surface area contributed by atoms with E-state index in [1.807, 2.05) is 5.32 Å². The van der Waals surface area contributed by atoms with Crippen molar-refractivity contribution in [3.8, 4) is 17.1 Å². The van der Waals surface area contributed by atoms with Crippen LogP contribution in [-0.4, -0.2) is 33.1 Å². The van der Waals surface area contributed by atoms with Crippen LogP contribution < -0.4 is 10.1 Å². The van der Waals surface area contributed by atoms with Crippen LogP contribution in [0.4, 0.5) is 22.0 Å². The number of aliphatic hydroxyl groups is 2. The van der Waals surface area contributed by atoms with E-state index >= 15 is 0 Å². The van der Waals surface area contributed by atoms with Gasteiger partial charge in [0.1, 0.15) is 25.1 Å². The van der Waals surface area contributed by atoms with Crippen molar-refractivity contribution in [1.29, 1.82) is 0 Å². The quantitative estimate of drug-likeness (QED) is 0.362. The summed E-state index contributed by atoms with van der Waals surface area (Å²) in [5, 5.41) is 24.8. The molecule has 2 heterocycles. The zero-order valence-electron chi connectivity index (χ0n) is 15.7. The second kappa shape index (κ2) is 9.37. The first-order chi connectivity index (χ1) is 14.7. The van der Waals surface area contributed by atoms with Crippen LogP contribution in [0.3, 0.4) is 0 Å². The molecule has 12 heteroatoms. The molecule has 1 unspecified atom stereocenters. The highest BCUT2D eigenvalue weighted by Gasteiger charge is 2.28. The number of alkyl halides is 3. The average Bonchev–Trinajstić information content (AvgIpc) is 3.15. The van der Waals surface area contributed by atoms with Gasteiger partial charge in [-0.2, -0.15) is 13.2 Å². The van der Waals surface area contributed by atoms with Gasteiger partial charge in [-0.1, -0.05) is 5.16 Å². The highest BCUT2D eigenvalue weighted by atomic mass is 19.4. The maximum Gasteiger partial charge on any atom is 0.401 e. The highest BCUT2D eigenvalue weighted by Crippen LogP contribution is 2.28. The fraction of sp³-hybridized carbons (Fsp3) is 0.263. The zero-order chi connectivity index (χ0) is 22.6. The smallest absolute Gasteiger partial charge is 0.401 e. The van der Waals surface area contributed by atoms with E-state index in [2.05, 4.69) is 10.1 Å². The van der Waals surface area contributed by atoms with Crippen LogP contribution in [0.15, 0.2) is 41.1 Å². The molecule has 0 aliphatic heterocycles. The second-order valence-electron chi connectivity index (χ2n) is 6.34. The predicted octanol–water partition coefficient (Wildman–Crippen LogP) is 3.23. The lowest BCUT2D eigenvalue weighted by atomic mass is 10.1. The summed E-state index contributed by atoms with van der Waals surface area (Å²) in [6.45, 7) is -2.12. The molecule has 1 aromatic carbocycles. The Kier molecular flexibility index (Phi) is 6.83. The third-order valence-electron chi connectivity index (χ3n) is 4.14. The fourth-order valence-electron chi connectivity index (χ4n) is 2.60. The van der Waals surface area contributed by atoms with Crippen LogP contribution in [0.1, 0.15) is 23.1 Å². The summed E-state index contributed by atoms with van der Waals surface area (Å²) in [5.74, 6) is -2.03. The third kappa shape index (κ3) is 5.75. The Balaban J connectivity index is 1.71. The summed E-state index contributed by atoms with van der Waals surface area (Å²) < 4.78 is 73.9. The number of benzene rings is 1. The molecule has 0 saturated carbocycles. The molecule has 0 saturated heterocycles. The van der Waals surface area contributed by atoms with Gasteiger partial charge in [0.2, 0.25) is 5.88 Å². The van der Waals surface area contributed by atoms with E-state index in [0.29, 0.717) is 0 Å². The lowest BCUT2D eigenvalue weighted by molar-refractivity contribution is -0.131. The number of hydrogen-bond donors (Lipinski definition) is 3. The number of hydrogen-bond acceptors (Lipinski definition) is 7. The molecule has 31 heavy (non-hydrogen) atoms. The van der Waals surface area contributed by atoms with E-state index in [-0.39, 0.29) is 40.6 Å². The molecule has 0 radical (unpaired) electrons. The lowest BCUT2D eigenvalue weighted by Crippen LogP contribution is -2.32. The molecular weight excluding hydrogens is 429 g/mol. The Hall–Kier alpha value is -3.09. The van der Waals surface area contributed by atoms with Crippen molar-refractivity contribution in [3.63, 3.8) is 0 Å². The van der Waals surface area contributed by atoms with Crippen molar-refractivity contribution in [2.45, 2.75) is 25.6 Å². The van der Waals surface area contributed by atoms with Gasteiger partial charge in [0, 0.05) is 23.4 Å². The number of aliphatic hydroxyl groups excluding tert-OH is 2. The van der Waals surface area contributed by atoms with E-state index in [0.717, 1.165) is 18.3 Å². The van der Waals surface area contributed by atoms with Crippen molar-refractivity contribution < 1.29 is 41.4 Å². The first-order valence-electron chi connectivity index (χ1n) is 8.78. The molecule has 7 nitrogen and oxygen atoms in total. The van der Waals surface area contributed by atoms with E-state index in [4.69, 9.17) is 9.26 Å². The summed E-state index contributed by atoms with van der Waals surface area (Å²) in [7, 11) is 0. The minimum Gasteiger partial charge on any atom is -0.473 e. The largest absolute Gasteiger partial charge is 0.473 e. The van der Waals surface area contributed by atoms with Crippen LogP contribution in [0.25, 0.3) is 11.3 Å². The summed E-state index contributed by atoms with van der Waals surface area (Å²) >= 11 is 0. The molecule has 1 atom stereocenters. The van der Waals surface area contributed by atoms with Gasteiger partial charge < -0.3 is 19.5 Å². The van der Waals surface area contributed by atoms with Gasteiger partial charge in [0.05, 0.1) is 12.1 Å². The number of pyridine rings is 1. The first kappa shape index (κ1) is 22.6. The van der Waals surface area contributed by atoms with Gasteiger partial charge in [-0.3, -0.25) is 5.32 Å². The Morgan fingerprint density at radius 3 is 2.52 bits per heavy atom. The van der Waals surface area contributed by atoms with E-state index in [9.17, 15) is 32.2 Å². The monoisotopic (exact) mass is 445 g/mol. The molecule has 0 fully saturated rings. The molecular formula is C19H16F5N3O4. The SMILES string of the molecule is OCc1onc(-c2ccc(F)c(F)c2)c1COc1ccc(C(O)NCC(F)(F)F)cn1. The van der Waals surface area contributed by atoms with Crippen LogP contribution in [0.5, 0.6) is 5.88 Å². The van der Waals surface area contributed by atoms with E-state index < -0.39 is 37.2 Å². The number of nitrogens with zero attached hydrogens (tertiary/aromatic N) is 2. The molecule has 3 rings (SSSR count). The molecule has 0 amide bonds. The molecule has 2 aromatic heterocycles. The Morgan fingerprint density at radius 2 is 1.90 bits per heavy atom. The maximum atomic E-state index is 13.5. The van der Waals surface area contributed by atoms with Crippen LogP contribution in [-0.2, 0) is 13.2 Å². The molecule has 3 aromatic rings. The number of aromatic nitrogens is 2. The third-order valence-corrected chi connectivity index (χ3v) is 4.14. The Bertz CT molecular complexity index is 1020. The van der Waals surface area contributed by atoms with E-state index in [1.165, 1.54) is 18.2 Å². The standard InChI is InChI=1S/C19H16F5N3O4/c20-13-3-1-10(5-14(13)21)17-12(15(7-28)31-27-17)8-30-16-4-2-11(6-25-16)18(29)26-9-19(22,23)24/h1-6,18,26,28-29H,7-9H2. The van der Waals surface area contributed by atoms with Gasteiger partial charge in [0.25, 0.3) is 0 Å². The minimum absolute atomic E-state index is 0.0446. The van der Waals surface area contributed by atoms with Crippen LogP contribution in [0, 0.1) is 11.6 Å². The highest BCUT2D eigenvalue weighted by molar-refractivity contribution is 5.63. The van der Waals surface area contributed by atoms with Crippen molar-refractivity contribution in [3.05, 3.63) is 65.1 Å². The van der Waals surface area contributed by atoms with Gasteiger partial charge in [0.15, 0.2) is 17.4 Å². The normalized spacial score (nSPS) is 12.7. The van der Waals surface area contributed by atoms with E-state index in [1.54, 1.807) is 0 Å². The second-order valence-corrected chi connectivity index (χ2v) is 6.34. The zero-order valence-corrected chi connectivity index (χ0v) is 15.7. The molecule has 3 N–H and O–H groups in total. The summed E-state index contributed by atoms with van der Waals surface area (Å²) in [6, 6.07) is 5.74. The minimum atomic E-state index is -4.48. The maximum absolute atomic E-state index is 13.5. The molecule has 0 aliphatic carbocycles. The lowest BCUT2D eigenvalue weighted by Gasteiger charge is -2.15. The number of halogens is 5. The van der Waals surface area contributed by atoms with Crippen molar-refractivity contribution in [2.24, 2.45) is 0 Å². The topological polar surface area (TPSA) is 101 Å². The average molecular weight is 445 g/mol. The summed E-state index contributed by atoms with van der Waals surface area (Å²) in [4.78, 5) is 3.90. The van der Waals surface area contributed by atoms with Crippen molar-refractivity contribution in [1.82, 2.24) is 15.5 Å². The van der Waals surface area contributed by atoms with Gasteiger partial charge in [-0.15, -0.1) is 0 Å². The number of ether oxygens (including phenoxy) is 1. The number of rotatable bonds is 8. The van der Waals surface area contributed by atoms with Crippen LogP contribution >= 0.6 is 0 Å².